The van der Waals surface area contributed by atoms with Gasteiger partial charge in [-0.1, -0.05) is 63.3 Å². The smallest absolute Gasteiger partial charge is 0.311 e. The minimum atomic E-state index is -1.10. The molecule has 0 radical (unpaired) electrons. The van der Waals surface area contributed by atoms with Crippen molar-refractivity contribution in [3.63, 3.8) is 0 Å². The van der Waals surface area contributed by atoms with Crippen LogP contribution in [0.4, 0.5) is 0 Å². The van der Waals surface area contributed by atoms with Crippen molar-refractivity contribution in [2.45, 2.75) is 71.8 Å². The van der Waals surface area contributed by atoms with E-state index in [1.165, 1.54) is 5.57 Å². The highest BCUT2D eigenvalue weighted by Crippen LogP contribution is 2.68. The zero-order valence-corrected chi connectivity index (χ0v) is 20.8. The number of carbonyl (C=O) groups is 3. The van der Waals surface area contributed by atoms with Gasteiger partial charge in [0, 0.05) is 17.8 Å². The SMILES string of the molecule is CC(=O)[C@@]1(OC(=O)Cc2ccccc2)[C@@H](C)C[C@H]2[C@@H]3C=CC4=CC(=O)CC[C@]4(C)[C@H]3CC[C@@]21C. The van der Waals surface area contributed by atoms with E-state index in [1.807, 2.05) is 36.4 Å². The van der Waals surface area contributed by atoms with Crippen LogP contribution in [0.1, 0.15) is 65.4 Å². The first-order valence-electron chi connectivity index (χ1n) is 12.8. The quantitative estimate of drug-likeness (QED) is 0.545. The molecule has 4 aliphatic carbocycles. The Labute approximate surface area is 202 Å². The highest BCUT2D eigenvalue weighted by molar-refractivity contribution is 5.92. The van der Waals surface area contributed by atoms with Crippen LogP contribution in [-0.4, -0.2) is 23.1 Å². The highest BCUT2D eigenvalue weighted by Gasteiger charge is 2.70. The third kappa shape index (κ3) is 3.21. The van der Waals surface area contributed by atoms with Gasteiger partial charge in [-0.05, 0) is 73.0 Å². The topological polar surface area (TPSA) is 60.4 Å². The standard InChI is InChI=1S/C30H36O4/c1-19-16-26-24-11-10-22-18-23(32)12-14-28(22,3)25(24)13-15-29(26,4)30(19,20(2)31)34-27(33)17-21-8-6-5-7-9-21/h5-11,18-19,24-26H,12-17H2,1-4H3/t19-,24+,25-,26-,28-,29-,30-/m0/s1. The summed E-state index contributed by atoms with van der Waals surface area (Å²) in [6, 6.07) is 9.59. The molecule has 4 aliphatic rings. The molecule has 1 aromatic carbocycles. The lowest BCUT2D eigenvalue weighted by atomic mass is 9.48. The van der Waals surface area contributed by atoms with E-state index in [9.17, 15) is 14.4 Å². The molecule has 0 aliphatic heterocycles. The molecule has 2 saturated carbocycles. The van der Waals surface area contributed by atoms with Gasteiger partial charge in [0.2, 0.25) is 0 Å². The molecule has 0 aromatic heterocycles. The van der Waals surface area contributed by atoms with Crippen LogP contribution in [0.5, 0.6) is 0 Å². The number of ketones is 2. The van der Waals surface area contributed by atoms with Crippen LogP contribution in [0.2, 0.25) is 0 Å². The Morgan fingerprint density at radius 2 is 1.82 bits per heavy atom. The summed E-state index contributed by atoms with van der Waals surface area (Å²) in [5.74, 6) is 0.882. The Morgan fingerprint density at radius 1 is 1.09 bits per heavy atom. The number of hydrogen-bond donors (Lipinski definition) is 0. The molecule has 0 heterocycles. The van der Waals surface area contributed by atoms with E-state index in [1.54, 1.807) is 6.92 Å². The molecule has 1 aromatic rings. The lowest BCUT2D eigenvalue weighted by Gasteiger charge is -2.57. The largest absolute Gasteiger partial charge is 0.450 e. The second-order valence-corrected chi connectivity index (χ2v) is 11.7. The van der Waals surface area contributed by atoms with E-state index in [0.29, 0.717) is 18.3 Å². The Hall–Kier alpha value is -2.49. The zero-order chi connectivity index (χ0) is 24.3. The maximum absolute atomic E-state index is 13.4. The lowest BCUT2D eigenvalue weighted by Crippen LogP contribution is -2.60. The fraction of sp³-hybridized carbons (Fsp3) is 0.567. The first kappa shape index (κ1) is 23.3. The fourth-order valence-corrected chi connectivity index (χ4v) is 8.34. The first-order valence-corrected chi connectivity index (χ1v) is 12.8. The van der Waals surface area contributed by atoms with Gasteiger partial charge < -0.3 is 4.74 Å². The summed E-state index contributed by atoms with van der Waals surface area (Å²) in [4.78, 5) is 38.6. The molecular weight excluding hydrogens is 424 g/mol. The van der Waals surface area contributed by atoms with Crippen LogP contribution < -0.4 is 0 Å². The van der Waals surface area contributed by atoms with Crippen molar-refractivity contribution in [2.75, 3.05) is 0 Å². The maximum atomic E-state index is 13.4. The number of ether oxygens (including phenoxy) is 1. The van der Waals surface area contributed by atoms with Gasteiger partial charge in [-0.15, -0.1) is 0 Å². The predicted molar refractivity (Wildman–Crippen MR) is 131 cm³/mol. The van der Waals surface area contributed by atoms with E-state index >= 15 is 0 Å². The predicted octanol–water partition coefficient (Wildman–Crippen LogP) is 5.65. The summed E-state index contributed by atoms with van der Waals surface area (Å²) in [7, 11) is 0. The van der Waals surface area contributed by atoms with Crippen molar-refractivity contribution in [1.29, 1.82) is 0 Å². The number of benzene rings is 1. The molecule has 5 rings (SSSR count). The van der Waals surface area contributed by atoms with Crippen molar-refractivity contribution in [1.82, 2.24) is 0 Å². The minimum Gasteiger partial charge on any atom is -0.450 e. The molecule has 2 fully saturated rings. The lowest BCUT2D eigenvalue weighted by molar-refractivity contribution is -0.192. The van der Waals surface area contributed by atoms with Crippen LogP contribution >= 0.6 is 0 Å². The van der Waals surface area contributed by atoms with E-state index in [-0.39, 0.29) is 41.2 Å². The summed E-state index contributed by atoms with van der Waals surface area (Å²) in [5.41, 5.74) is 0.576. The fourth-order valence-electron chi connectivity index (χ4n) is 8.34. The Morgan fingerprint density at radius 3 is 2.53 bits per heavy atom. The normalized spacial score (nSPS) is 40.6. The summed E-state index contributed by atoms with van der Waals surface area (Å²) < 4.78 is 6.31. The number of Topliss-reactive ketones (excluding diaryl/α,β-unsaturated/α-hetero) is 1. The monoisotopic (exact) mass is 460 g/mol. The van der Waals surface area contributed by atoms with Crippen LogP contribution in [0, 0.1) is 34.5 Å². The van der Waals surface area contributed by atoms with E-state index in [4.69, 9.17) is 4.74 Å². The zero-order valence-electron chi connectivity index (χ0n) is 20.8. The average molecular weight is 461 g/mol. The minimum absolute atomic E-state index is 0.00333. The van der Waals surface area contributed by atoms with Crippen molar-refractivity contribution in [3.05, 3.63) is 59.7 Å². The van der Waals surface area contributed by atoms with Crippen molar-refractivity contribution in [3.8, 4) is 0 Å². The van der Waals surface area contributed by atoms with Gasteiger partial charge in [-0.25, -0.2) is 0 Å². The molecule has 0 unspecified atom stereocenters. The number of hydrogen-bond acceptors (Lipinski definition) is 4. The number of esters is 1. The van der Waals surface area contributed by atoms with E-state index in [0.717, 1.165) is 31.2 Å². The molecule has 0 N–H and O–H groups in total. The van der Waals surface area contributed by atoms with Gasteiger partial charge in [-0.3, -0.25) is 14.4 Å². The van der Waals surface area contributed by atoms with E-state index in [2.05, 4.69) is 32.9 Å². The Balaban J connectivity index is 1.49. The van der Waals surface area contributed by atoms with Crippen molar-refractivity contribution in [2.24, 2.45) is 34.5 Å². The van der Waals surface area contributed by atoms with Gasteiger partial charge in [0.05, 0.1) is 6.42 Å². The highest BCUT2D eigenvalue weighted by atomic mass is 16.6. The van der Waals surface area contributed by atoms with E-state index < -0.39 is 11.0 Å². The first-order chi connectivity index (χ1) is 16.1. The number of carbonyl (C=O) groups excluding carboxylic acids is 3. The molecule has 0 saturated heterocycles. The molecule has 34 heavy (non-hydrogen) atoms. The number of rotatable bonds is 4. The number of fused-ring (bicyclic) bond motifs is 5. The molecule has 0 spiro atoms. The third-order valence-electron chi connectivity index (χ3n) is 10.0. The van der Waals surface area contributed by atoms with Crippen LogP contribution in [0.3, 0.4) is 0 Å². The Kier molecular flexibility index (Phi) is 5.50. The van der Waals surface area contributed by atoms with Gasteiger partial charge in [0.1, 0.15) is 0 Å². The van der Waals surface area contributed by atoms with Crippen LogP contribution in [0.15, 0.2) is 54.1 Å². The second-order valence-electron chi connectivity index (χ2n) is 11.7. The third-order valence-corrected chi connectivity index (χ3v) is 10.0. The molecule has 4 heteroatoms. The molecule has 7 atom stereocenters. The second kappa shape index (κ2) is 8.03. The average Bonchev–Trinajstić information content (AvgIpc) is 3.02. The van der Waals surface area contributed by atoms with Gasteiger partial charge in [0.25, 0.3) is 0 Å². The summed E-state index contributed by atoms with van der Waals surface area (Å²) >= 11 is 0. The van der Waals surface area contributed by atoms with Crippen molar-refractivity contribution < 1.29 is 19.1 Å². The summed E-state index contributed by atoms with van der Waals surface area (Å²) in [6.45, 7) is 8.22. The van der Waals surface area contributed by atoms with Crippen LogP contribution in [-0.2, 0) is 25.5 Å². The molecular formula is C30H36O4. The van der Waals surface area contributed by atoms with Gasteiger partial charge in [-0.2, -0.15) is 0 Å². The Bertz CT molecular complexity index is 1080. The molecule has 4 nitrogen and oxygen atoms in total. The van der Waals surface area contributed by atoms with Crippen molar-refractivity contribution >= 4 is 17.5 Å². The van der Waals surface area contributed by atoms with Crippen LogP contribution in [0.25, 0.3) is 0 Å². The molecule has 180 valence electrons. The molecule has 0 amide bonds. The van der Waals surface area contributed by atoms with Gasteiger partial charge >= 0.3 is 5.97 Å². The summed E-state index contributed by atoms with van der Waals surface area (Å²) in [6.07, 6.45) is 10.7. The number of allylic oxidation sites excluding steroid dienone is 4. The van der Waals surface area contributed by atoms with Gasteiger partial charge in [0.15, 0.2) is 17.2 Å². The summed E-state index contributed by atoms with van der Waals surface area (Å²) in [5, 5.41) is 0. The molecule has 0 bridgehead atoms. The maximum Gasteiger partial charge on any atom is 0.311 e.